The molecule has 1 aliphatic rings. The van der Waals surface area contributed by atoms with Crippen molar-refractivity contribution < 1.29 is 32.6 Å². The highest BCUT2D eigenvalue weighted by molar-refractivity contribution is 6.36. The average Bonchev–Trinajstić information content (AvgIpc) is 3.02. The number of carbonyl (C=O) groups excluding carboxylic acids is 3. The standard InChI is InChI=1S/C33H29F2N5O5/c1-40-16-33(32(38)43,29(41)27(28(40)31(37)42)17-4-8-21(34)9-5-17)20-7-10-22(24(35)14-20)23-12-19(15-39-30(23)36)18-6-11-25(44-2)26(13-18)45-3/h4-15H,16H2,1-3H3,(H2,36,39)(H2,37,42)(H2,38,43). The lowest BCUT2D eigenvalue weighted by Crippen LogP contribution is -2.58. The summed E-state index contributed by atoms with van der Waals surface area (Å²) in [5, 5.41) is 0. The highest BCUT2D eigenvalue weighted by Crippen LogP contribution is 2.41. The second-order valence-electron chi connectivity index (χ2n) is 10.5. The maximum absolute atomic E-state index is 16.0. The number of allylic oxidation sites excluding steroid dienone is 1. The van der Waals surface area contributed by atoms with Gasteiger partial charge in [-0.05, 0) is 53.1 Å². The highest BCUT2D eigenvalue weighted by atomic mass is 19.1. The summed E-state index contributed by atoms with van der Waals surface area (Å²) < 4.78 is 40.4. The number of aromatic nitrogens is 1. The van der Waals surface area contributed by atoms with E-state index in [4.69, 9.17) is 26.7 Å². The third-order valence-electron chi connectivity index (χ3n) is 7.88. The van der Waals surface area contributed by atoms with Crippen LogP contribution >= 0.6 is 0 Å². The van der Waals surface area contributed by atoms with Crippen molar-refractivity contribution in [3.8, 4) is 33.8 Å². The number of primary amides is 2. The number of methoxy groups -OCH3 is 2. The Morgan fingerprint density at radius 3 is 2.13 bits per heavy atom. The summed E-state index contributed by atoms with van der Waals surface area (Å²) >= 11 is 0. The zero-order chi connectivity index (χ0) is 32.6. The fraction of sp³-hybridized carbons (Fsp3) is 0.152. The van der Waals surface area contributed by atoms with E-state index in [-0.39, 0.29) is 39.3 Å². The van der Waals surface area contributed by atoms with Crippen molar-refractivity contribution in [2.24, 2.45) is 11.5 Å². The molecular weight excluding hydrogens is 584 g/mol. The van der Waals surface area contributed by atoms with Gasteiger partial charge in [0, 0.05) is 36.5 Å². The summed E-state index contributed by atoms with van der Waals surface area (Å²) in [5.74, 6) is -3.24. The lowest BCUT2D eigenvalue weighted by Gasteiger charge is -2.40. The number of nitrogens with two attached hydrogens (primary N) is 3. The van der Waals surface area contributed by atoms with E-state index < -0.39 is 41.2 Å². The molecule has 1 atom stereocenters. The van der Waals surface area contributed by atoms with Crippen LogP contribution < -0.4 is 26.7 Å². The number of ketones is 1. The van der Waals surface area contributed by atoms with E-state index in [1.807, 2.05) is 0 Å². The highest BCUT2D eigenvalue weighted by Gasteiger charge is 2.53. The first-order valence-corrected chi connectivity index (χ1v) is 13.6. The number of Topliss-reactive ketones (excluding diaryl/α,β-unsaturated/α-hetero) is 1. The van der Waals surface area contributed by atoms with Crippen LogP contribution in [0.2, 0.25) is 0 Å². The van der Waals surface area contributed by atoms with Crippen molar-refractivity contribution in [1.82, 2.24) is 9.88 Å². The summed E-state index contributed by atoms with van der Waals surface area (Å²) in [6.45, 7) is -0.401. The molecule has 0 saturated heterocycles. The van der Waals surface area contributed by atoms with Gasteiger partial charge in [0.05, 0.1) is 19.8 Å². The minimum absolute atomic E-state index is 0.0385. The number of amides is 2. The smallest absolute Gasteiger partial charge is 0.265 e. The molecule has 5 rings (SSSR count). The molecule has 1 aliphatic heterocycles. The van der Waals surface area contributed by atoms with E-state index in [1.165, 1.54) is 56.6 Å². The predicted molar refractivity (Wildman–Crippen MR) is 164 cm³/mol. The molecule has 0 aliphatic carbocycles. The van der Waals surface area contributed by atoms with Gasteiger partial charge in [-0.2, -0.15) is 0 Å². The van der Waals surface area contributed by atoms with E-state index in [2.05, 4.69) is 4.98 Å². The molecule has 45 heavy (non-hydrogen) atoms. The van der Waals surface area contributed by atoms with E-state index in [1.54, 1.807) is 24.3 Å². The van der Waals surface area contributed by atoms with Gasteiger partial charge in [-0.1, -0.05) is 30.3 Å². The number of ether oxygens (including phenoxy) is 2. The first-order valence-electron chi connectivity index (χ1n) is 13.6. The van der Waals surface area contributed by atoms with Crippen LogP contribution in [0.25, 0.3) is 27.8 Å². The largest absolute Gasteiger partial charge is 0.493 e. The topological polar surface area (TPSA) is 164 Å². The molecule has 1 aromatic heterocycles. The van der Waals surface area contributed by atoms with Crippen LogP contribution in [-0.2, 0) is 19.8 Å². The van der Waals surface area contributed by atoms with Gasteiger partial charge in [-0.3, -0.25) is 14.4 Å². The van der Waals surface area contributed by atoms with Gasteiger partial charge >= 0.3 is 0 Å². The number of anilines is 1. The number of rotatable bonds is 8. The number of hydrogen-bond acceptors (Lipinski definition) is 8. The molecule has 3 aromatic carbocycles. The van der Waals surface area contributed by atoms with Crippen molar-refractivity contribution >= 4 is 29.0 Å². The number of hydrogen-bond donors (Lipinski definition) is 3. The number of nitrogens with zero attached hydrogens (tertiary/aromatic N) is 2. The number of benzene rings is 3. The molecule has 0 saturated carbocycles. The molecule has 10 nitrogen and oxygen atoms in total. The number of pyridine rings is 1. The first kappa shape index (κ1) is 30.7. The van der Waals surface area contributed by atoms with E-state index in [0.29, 0.717) is 22.6 Å². The maximum atomic E-state index is 16.0. The first-order chi connectivity index (χ1) is 21.4. The van der Waals surface area contributed by atoms with Crippen LogP contribution in [0, 0.1) is 11.6 Å². The van der Waals surface area contributed by atoms with E-state index in [9.17, 15) is 18.8 Å². The van der Waals surface area contributed by atoms with Crippen molar-refractivity contribution in [3.05, 3.63) is 101 Å². The molecule has 1 unspecified atom stereocenters. The van der Waals surface area contributed by atoms with Gasteiger partial charge < -0.3 is 31.6 Å². The normalized spacial score (nSPS) is 16.5. The quantitative estimate of drug-likeness (QED) is 0.255. The van der Waals surface area contributed by atoms with Crippen molar-refractivity contribution in [1.29, 1.82) is 0 Å². The number of likely N-dealkylation sites (N-methyl/N-ethyl adjacent to an activating group) is 1. The van der Waals surface area contributed by atoms with Crippen LogP contribution in [0.4, 0.5) is 14.6 Å². The van der Waals surface area contributed by atoms with Gasteiger partial charge in [0.25, 0.3) is 5.91 Å². The fourth-order valence-electron chi connectivity index (χ4n) is 5.63. The third kappa shape index (κ3) is 5.20. The van der Waals surface area contributed by atoms with Gasteiger partial charge in [0.15, 0.2) is 22.7 Å². The van der Waals surface area contributed by atoms with Crippen LogP contribution in [-0.4, -0.2) is 55.3 Å². The SMILES string of the molecule is COc1ccc(-c2cnc(N)c(-c3ccc(C4(C(N)=O)CN(C)C(C(N)=O)=C(c5ccc(F)cc5)C4=O)cc3F)c2)cc1OC. The summed E-state index contributed by atoms with van der Waals surface area (Å²) in [4.78, 5) is 45.4. The molecule has 0 radical (unpaired) electrons. The minimum Gasteiger partial charge on any atom is -0.493 e. The Hall–Kier alpha value is -5.78. The van der Waals surface area contributed by atoms with Crippen LogP contribution in [0.1, 0.15) is 11.1 Å². The average molecular weight is 614 g/mol. The number of carbonyl (C=O) groups is 3. The Labute approximate surface area is 257 Å². The molecular formula is C33H29F2N5O5. The second-order valence-corrected chi connectivity index (χ2v) is 10.5. The monoisotopic (exact) mass is 613 g/mol. The molecule has 12 heteroatoms. The Balaban J connectivity index is 1.62. The summed E-state index contributed by atoms with van der Waals surface area (Å²) in [6, 6.07) is 15.5. The molecule has 4 aromatic rings. The summed E-state index contributed by atoms with van der Waals surface area (Å²) in [5.41, 5.74) is 16.8. The molecule has 0 spiro atoms. The van der Waals surface area contributed by atoms with Crippen molar-refractivity contribution in [2.75, 3.05) is 33.5 Å². The Morgan fingerprint density at radius 1 is 0.867 bits per heavy atom. The fourth-order valence-corrected chi connectivity index (χ4v) is 5.63. The second kappa shape index (κ2) is 11.7. The molecule has 0 bridgehead atoms. The van der Waals surface area contributed by atoms with E-state index in [0.717, 1.165) is 18.2 Å². The molecule has 2 amide bonds. The summed E-state index contributed by atoms with van der Waals surface area (Å²) in [7, 11) is 4.47. The molecule has 0 fully saturated rings. The lowest BCUT2D eigenvalue weighted by atomic mass is 9.69. The maximum Gasteiger partial charge on any atom is 0.265 e. The molecule has 6 N–H and O–H groups in total. The van der Waals surface area contributed by atoms with Gasteiger partial charge in [-0.25, -0.2) is 13.8 Å². The molecule has 230 valence electrons. The summed E-state index contributed by atoms with van der Waals surface area (Å²) in [6.07, 6.45) is 1.53. The number of nitrogen functional groups attached to an aromatic ring is 1. The molecule has 2 heterocycles. The van der Waals surface area contributed by atoms with E-state index >= 15 is 4.39 Å². The van der Waals surface area contributed by atoms with Crippen molar-refractivity contribution in [2.45, 2.75) is 5.41 Å². The predicted octanol–water partition coefficient (Wildman–Crippen LogP) is 3.43. The third-order valence-corrected chi connectivity index (χ3v) is 7.88. The van der Waals surface area contributed by atoms with Gasteiger partial charge in [-0.15, -0.1) is 0 Å². The van der Waals surface area contributed by atoms with Crippen LogP contribution in [0.5, 0.6) is 11.5 Å². The lowest BCUT2D eigenvalue weighted by molar-refractivity contribution is -0.134. The minimum atomic E-state index is -2.12. The van der Waals surface area contributed by atoms with Crippen LogP contribution in [0.3, 0.4) is 0 Å². The van der Waals surface area contributed by atoms with Gasteiger partial charge in [0.1, 0.15) is 23.1 Å². The van der Waals surface area contributed by atoms with Crippen molar-refractivity contribution in [3.63, 3.8) is 0 Å². The Bertz CT molecular complexity index is 1890. The Morgan fingerprint density at radius 2 is 1.53 bits per heavy atom. The zero-order valence-corrected chi connectivity index (χ0v) is 24.6. The zero-order valence-electron chi connectivity index (χ0n) is 24.6. The van der Waals surface area contributed by atoms with Gasteiger partial charge in [0.2, 0.25) is 5.91 Å². The van der Waals surface area contributed by atoms with Crippen LogP contribution in [0.15, 0.2) is 78.6 Å². The number of halogens is 2. The Kier molecular flexibility index (Phi) is 7.99.